The van der Waals surface area contributed by atoms with E-state index in [1.54, 1.807) is 0 Å². The molecule has 0 unspecified atom stereocenters. The van der Waals surface area contributed by atoms with Gasteiger partial charge in [-0.1, -0.05) is 0 Å². The van der Waals surface area contributed by atoms with Crippen LogP contribution in [0.4, 0.5) is 13.2 Å². The summed E-state index contributed by atoms with van der Waals surface area (Å²) in [6.45, 7) is 1.33. The van der Waals surface area contributed by atoms with Crippen LogP contribution in [-0.4, -0.2) is 18.1 Å². The average molecular weight is 233 g/mol. The Hall–Kier alpha value is -1.59. The Kier molecular flexibility index (Phi) is 3.87. The Morgan fingerprint density at radius 3 is 2.69 bits per heavy atom. The standard InChI is InChI=1S/C10H10F3NO2/c1-5-3-6(11)7(4-8(15)16-2)14-9(5)10(12)13/h3,10H,4H2,1-2H3. The fourth-order valence-corrected chi connectivity index (χ4v) is 1.19. The number of carbonyl (C=O) groups excluding carboxylic acids is 1. The van der Waals surface area contributed by atoms with Crippen LogP contribution in [0.2, 0.25) is 0 Å². The molecule has 1 rings (SSSR count). The molecule has 0 saturated carbocycles. The number of carbonyl (C=O) groups is 1. The van der Waals surface area contributed by atoms with E-state index >= 15 is 0 Å². The van der Waals surface area contributed by atoms with Gasteiger partial charge in [-0.05, 0) is 18.6 Å². The molecule has 16 heavy (non-hydrogen) atoms. The summed E-state index contributed by atoms with van der Waals surface area (Å²) in [6.07, 6.45) is -3.25. The maximum atomic E-state index is 13.3. The fraction of sp³-hybridized carbons (Fsp3) is 0.400. The third kappa shape index (κ3) is 2.71. The van der Waals surface area contributed by atoms with Crippen LogP contribution in [0.25, 0.3) is 0 Å². The van der Waals surface area contributed by atoms with E-state index < -0.39 is 30.3 Å². The molecule has 6 heteroatoms. The van der Waals surface area contributed by atoms with Gasteiger partial charge in [0.1, 0.15) is 11.5 Å². The number of rotatable bonds is 3. The van der Waals surface area contributed by atoms with E-state index in [4.69, 9.17) is 0 Å². The van der Waals surface area contributed by atoms with Gasteiger partial charge in [-0.2, -0.15) is 0 Å². The Balaban J connectivity index is 3.09. The molecule has 1 aromatic rings. The van der Waals surface area contributed by atoms with Gasteiger partial charge in [0.25, 0.3) is 6.43 Å². The second-order valence-corrected chi connectivity index (χ2v) is 3.17. The molecule has 0 aliphatic carbocycles. The van der Waals surface area contributed by atoms with Gasteiger partial charge in [-0.3, -0.25) is 4.79 Å². The number of methoxy groups -OCH3 is 1. The number of halogens is 3. The van der Waals surface area contributed by atoms with Crippen LogP contribution in [0.1, 0.15) is 23.4 Å². The molecular formula is C10H10F3NO2. The SMILES string of the molecule is COC(=O)Cc1nc(C(F)F)c(C)cc1F. The van der Waals surface area contributed by atoms with E-state index in [0.717, 1.165) is 13.2 Å². The van der Waals surface area contributed by atoms with E-state index in [1.165, 1.54) is 6.92 Å². The van der Waals surface area contributed by atoms with Crippen LogP contribution in [0.3, 0.4) is 0 Å². The van der Waals surface area contributed by atoms with Crippen LogP contribution in [-0.2, 0) is 16.0 Å². The number of alkyl halides is 2. The van der Waals surface area contributed by atoms with Gasteiger partial charge in [0.05, 0.1) is 19.2 Å². The second-order valence-electron chi connectivity index (χ2n) is 3.17. The molecular weight excluding hydrogens is 223 g/mol. The number of hydrogen-bond acceptors (Lipinski definition) is 3. The number of aromatic nitrogens is 1. The van der Waals surface area contributed by atoms with Gasteiger partial charge in [-0.25, -0.2) is 18.2 Å². The van der Waals surface area contributed by atoms with Crippen molar-refractivity contribution in [2.24, 2.45) is 0 Å². The number of ether oxygens (including phenoxy) is 1. The first kappa shape index (κ1) is 12.5. The van der Waals surface area contributed by atoms with Crippen molar-refractivity contribution >= 4 is 5.97 Å². The second kappa shape index (κ2) is 4.96. The zero-order valence-corrected chi connectivity index (χ0v) is 8.76. The lowest BCUT2D eigenvalue weighted by atomic mass is 10.1. The third-order valence-electron chi connectivity index (χ3n) is 2.02. The molecule has 3 nitrogen and oxygen atoms in total. The molecule has 0 radical (unpaired) electrons. The molecule has 0 saturated heterocycles. The Morgan fingerprint density at radius 2 is 2.19 bits per heavy atom. The Labute approximate surface area is 90.2 Å². The molecule has 88 valence electrons. The maximum Gasteiger partial charge on any atom is 0.311 e. The van der Waals surface area contributed by atoms with E-state index in [1.807, 2.05) is 0 Å². The normalized spacial score (nSPS) is 10.6. The predicted molar refractivity (Wildman–Crippen MR) is 49.6 cm³/mol. The lowest BCUT2D eigenvalue weighted by molar-refractivity contribution is -0.139. The number of pyridine rings is 1. The summed E-state index contributed by atoms with van der Waals surface area (Å²) in [5.41, 5.74) is -0.783. The molecule has 0 amide bonds. The number of esters is 1. The number of hydrogen-bond donors (Lipinski definition) is 0. The summed E-state index contributed by atoms with van der Waals surface area (Å²) in [4.78, 5) is 14.3. The summed E-state index contributed by atoms with van der Waals surface area (Å²) in [6, 6.07) is 0.937. The fourth-order valence-electron chi connectivity index (χ4n) is 1.19. The highest BCUT2D eigenvalue weighted by atomic mass is 19.3. The first-order valence-corrected chi connectivity index (χ1v) is 4.46. The lowest BCUT2D eigenvalue weighted by Gasteiger charge is -2.07. The molecule has 0 aliphatic rings. The van der Waals surface area contributed by atoms with E-state index in [2.05, 4.69) is 9.72 Å². The van der Waals surface area contributed by atoms with E-state index in [0.29, 0.717) is 0 Å². The minimum atomic E-state index is -2.79. The molecule has 1 aromatic heterocycles. The van der Waals surface area contributed by atoms with Crippen molar-refractivity contribution in [1.82, 2.24) is 4.98 Å². The minimum Gasteiger partial charge on any atom is -0.469 e. The van der Waals surface area contributed by atoms with Crippen molar-refractivity contribution in [1.29, 1.82) is 0 Å². The van der Waals surface area contributed by atoms with Crippen molar-refractivity contribution < 1.29 is 22.7 Å². The Bertz CT molecular complexity index is 407. The molecule has 0 N–H and O–H groups in total. The molecule has 0 aromatic carbocycles. The first-order chi connectivity index (χ1) is 7.45. The summed E-state index contributed by atoms with van der Waals surface area (Å²) in [7, 11) is 1.13. The van der Waals surface area contributed by atoms with Crippen LogP contribution in [0.15, 0.2) is 6.07 Å². The van der Waals surface area contributed by atoms with Gasteiger partial charge >= 0.3 is 5.97 Å². The maximum absolute atomic E-state index is 13.3. The highest BCUT2D eigenvalue weighted by molar-refractivity contribution is 5.71. The Morgan fingerprint density at radius 1 is 1.56 bits per heavy atom. The molecule has 0 atom stereocenters. The topological polar surface area (TPSA) is 39.2 Å². The smallest absolute Gasteiger partial charge is 0.311 e. The zero-order valence-electron chi connectivity index (χ0n) is 8.76. The first-order valence-electron chi connectivity index (χ1n) is 4.46. The quantitative estimate of drug-likeness (QED) is 0.751. The predicted octanol–water partition coefficient (Wildman–Crippen LogP) is 2.18. The van der Waals surface area contributed by atoms with Gasteiger partial charge in [0.2, 0.25) is 0 Å². The monoisotopic (exact) mass is 233 g/mol. The molecule has 0 spiro atoms. The third-order valence-corrected chi connectivity index (χ3v) is 2.02. The van der Waals surface area contributed by atoms with Crippen molar-refractivity contribution in [3.63, 3.8) is 0 Å². The van der Waals surface area contributed by atoms with Gasteiger partial charge in [0, 0.05) is 0 Å². The summed E-state index contributed by atoms with van der Waals surface area (Å²) in [5, 5.41) is 0. The van der Waals surface area contributed by atoms with Crippen molar-refractivity contribution in [2.45, 2.75) is 19.8 Å². The van der Waals surface area contributed by atoms with Crippen molar-refractivity contribution in [2.75, 3.05) is 7.11 Å². The lowest BCUT2D eigenvalue weighted by Crippen LogP contribution is -2.10. The number of nitrogens with zero attached hydrogens (tertiary/aromatic N) is 1. The van der Waals surface area contributed by atoms with Gasteiger partial charge in [0.15, 0.2) is 0 Å². The molecule has 0 aliphatic heterocycles. The molecule has 0 fully saturated rings. The van der Waals surface area contributed by atoms with E-state index in [-0.39, 0.29) is 11.3 Å². The van der Waals surface area contributed by atoms with Crippen LogP contribution in [0.5, 0.6) is 0 Å². The van der Waals surface area contributed by atoms with Crippen molar-refractivity contribution in [3.8, 4) is 0 Å². The summed E-state index contributed by atoms with van der Waals surface area (Å²) >= 11 is 0. The van der Waals surface area contributed by atoms with Gasteiger partial charge < -0.3 is 4.74 Å². The van der Waals surface area contributed by atoms with E-state index in [9.17, 15) is 18.0 Å². The highest BCUT2D eigenvalue weighted by Gasteiger charge is 2.18. The molecule has 0 bridgehead atoms. The average Bonchev–Trinajstić information content (AvgIpc) is 2.21. The zero-order chi connectivity index (χ0) is 12.3. The van der Waals surface area contributed by atoms with Crippen LogP contribution >= 0.6 is 0 Å². The highest BCUT2D eigenvalue weighted by Crippen LogP contribution is 2.22. The summed E-state index contributed by atoms with van der Waals surface area (Å²) < 4.78 is 42.5. The van der Waals surface area contributed by atoms with Gasteiger partial charge in [-0.15, -0.1) is 0 Å². The molecule has 1 heterocycles. The number of aryl methyl sites for hydroxylation is 1. The van der Waals surface area contributed by atoms with Crippen LogP contribution in [0, 0.1) is 12.7 Å². The van der Waals surface area contributed by atoms with Crippen LogP contribution < -0.4 is 0 Å². The van der Waals surface area contributed by atoms with Crippen molar-refractivity contribution in [3.05, 3.63) is 28.8 Å². The summed E-state index contributed by atoms with van der Waals surface area (Å²) in [5.74, 6) is -1.51. The minimum absolute atomic E-state index is 0.0566. The largest absolute Gasteiger partial charge is 0.469 e.